The molecule has 1 saturated heterocycles. The molecule has 2 aliphatic rings. The average Bonchev–Trinajstić information content (AvgIpc) is 3.41. The van der Waals surface area contributed by atoms with Crippen LogP contribution in [0.4, 0.5) is 10.5 Å². The number of hydrogen-bond acceptors (Lipinski definition) is 3. The van der Waals surface area contributed by atoms with Crippen molar-refractivity contribution in [3.63, 3.8) is 0 Å². The van der Waals surface area contributed by atoms with Crippen LogP contribution in [0, 0.1) is 0 Å². The number of rotatable bonds is 5. The topological polar surface area (TPSA) is 85.5 Å². The van der Waals surface area contributed by atoms with Crippen molar-refractivity contribution in [1.82, 2.24) is 15.2 Å². The molecule has 3 atom stereocenters. The molecule has 192 valence electrons. The summed E-state index contributed by atoms with van der Waals surface area (Å²) < 4.78 is 0. The summed E-state index contributed by atoms with van der Waals surface area (Å²) in [4.78, 5) is 47.6. The molecule has 4 aromatic rings. The molecule has 2 N–H and O–H groups in total. The summed E-state index contributed by atoms with van der Waals surface area (Å²) in [6.07, 6.45) is 1.14. The lowest BCUT2D eigenvalue weighted by Crippen LogP contribution is -2.44. The summed E-state index contributed by atoms with van der Waals surface area (Å²) in [6.45, 7) is 3.90. The summed E-state index contributed by atoms with van der Waals surface area (Å²) in [6, 6.07) is 20.3. The van der Waals surface area contributed by atoms with E-state index in [2.05, 4.69) is 10.3 Å². The van der Waals surface area contributed by atoms with Crippen LogP contribution in [-0.2, 0) is 11.2 Å². The van der Waals surface area contributed by atoms with Gasteiger partial charge in [0.15, 0.2) is 0 Å². The first kappa shape index (κ1) is 24.2. The Morgan fingerprint density at radius 3 is 2.63 bits per heavy atom. The average molecular weight is 527 g/mol. The first-order chi connectivity index (χ1) is 18.4. The molecule has 2 aliphatic heterocycles. The van der Waals surface area contributed by atoms with E-state index < -0.39 is 18.1 Å². The minimum Gasteiger partial charge on any atom is -0.356 e. The third-order valence-electron chi connectivity index (χ3n) is 7.59. The minimum absolute atomic E-state index is 0.0441. The van der Waals surface area contributed by atoms with Crippen LogP contribution in [0.5, 0.6) is 0 Å². The highest BCUT2D eigenvalue weighted by atomic mass is 35.5. The van der Waals surface area contributed by atoms with Crippen molar-refractivity contribution in [3.8, 4) is 0 Å². The van der Waals surface area contributed by atoms with Crippen LogP contribution >= 0.6 is 11.6 Å². The molecule has 3 aromatic carbocycles. The van der Waals surface area contributed by atoms with Gasteiger partial charge in [-0.1, -0.05) is 61.0 Å². The zero-order valence-corrected chi connectivity index (χ0v) is 21.8. The summed E-state index contributed by atoms with van der Waals surface area (Å²) in [7, 11) is 0. The number of aromatic nitrogens is 1. The number of halogens is 1. The summed E-state index contributed by atoms with van der Waals surface area (Å²) in [5.74, 6) is -0.662. The van der Waals surface area contributed by atoms with E-state index in [4.69, 9.17) is 11.6 Å². The second-order valence-electron chi connectivity index (χ2n) is 9.90. The van der Waals surface area contributed by atoms with Crippen molar-refractivity contribution in [3.05, 3.63) is 100 Å². The van der Waals surface area contributed by atoms with Crippen LogP contribution in [0.3, 0.4) is 0 Å². The fourth-order valence-corrected chi connectivity index (χ4v) is 5.78. The van der Waals surface area contributed by atoms with E-state index >= 15 is 0 Å². The standard InChI is InChI=1S/C30H27ClN4O3/c1-3-17(2)32-28(36)21-12-5-7-14-24(21)35-29(37)25-16-22-20-11-4-6-13-23(20)33-26(22)27(34(25)30(35)38)18-9-8-10-19(31)15-18/h4-15,17,25,27,33H,3,16H2,1-2H3,(H,32,36)/t17-,25+,27+/m1/s1. The van der Waals surface area contributed by atoms with E-state index in [-0.39, 0.29) is 29.1 Å². The molecular weight excluding hydrogens is 500 g/mol. The maximum Gasteiger partial charge on any atom is 0.332 e. The number of H-pyrrole nitrogens is 1. The number of hydrogen-bond donors (Lipinski definition) is 2. The molecule has 7 nitrogen and oxygen atoms in total. The fraction of sp³-hybridized carbons (Fsp3) is 0.233. The predicted octanol–water partition coefficient (Wildman–Crippen LogP) is 5.83. The molecule has 0 spiro atoms. The lowest BCUT2D eigenvalue weighted by molar-refractivity contribution is -0.120. The summed E-state index contributed by atoms with van der Waals surface area (Å²) in [5.41, 5.74) is 4.22. The van der Waals surface area contributed by atoms with Gasteiger partial charge in [0.2, 0.25) is 0 Å². The number of carbonyl (C=O) groups is 3. The fourth-order valence-electron chi connectivity index (χ4n) is 5.58. The molecule has 0 aliphatic carbocycles. The number of nitrogens with zero attached hydrogens (tertiary/aromatic N) is 2. The molecule has 38 heavy (non-hydrogen) atoms. The van der Waals surface area contributed by atoms with Gasteiger partial charge in [-0.05, 0) is 54.8 Å². The highest BCUT2D eigenvalue weighted by Gasteiger charge is 2.53. The number of nitrogens with one attached hydrogen (secondary N) is 2. The summed E-state index contributed by atoms with van der Waals surface area (Å²) in [5, 5.41) is 4.53. The second kappa shape index (κ2) is 9.33. The molecule has 1 fully saturated rings. The number of carbonyl (C=O) groups excluding carboxylic acids is 3. The zero-order valence-electron chi connectivity index (χ0n) is 21.1. The number of anilines is 1. The van der Waals surface area contributed by atoms with Gasteiger partial charge < -0.3 is 10.3 Å². The first-order valence-corrected chi connectivity index (χ1v) is 13.2. The highest BCUT2D eigenvalue weighted by molar-refractivity contribution is 6.30. The Morgan fingerprint density at radius 1 is 1.08 bits per heavy atom. The predicted molar refractivity (Wildman–Crippen MR) is 147 cm³/mol. The van der Waals surface area contributed by atoms with Gasteiger partial charge >= 0.3 is 6.03 Å². The van der Waals surface area contributed by atoms with Crippen LogP contribution in [-0.4, -0.2) is 39.8 Å². The van der Waals surface area contributed by atoms with Gasteiger partial charge in [-0.15, -0.1) is 0 Å². The second-order valence-corrected chi connectivity index (χ2v) is 10.3. The Labute approximate surface area is 225 Å². The molecule has 6 rings (SSSR count). The monoisotopic (exact) mass is 526 g/mol. The Hall–Kier alpha value is -4.10. The number of urea groups is 1. The van der Waals surface area contributed by atoms with E-state index in [9.17, 15) is 14.4 Å². The molecule has 0 bridgehead atoms. The Bertz CT molecular complexity index is 1600. The first-order valence-electron chi connectivity index (χ1n) is 12.8. The number of para-hydroxylation sites is 2. The molecule has 4 amide bonds. The van der Waals surface area contributed by atoms with Gasteiger partial charge in [0, 0.05) is 34.1 Å². The maximum absolute atomic E-state index is 14.1. The van der Waals surface area contributed by atoms with E-state index in [0.29, 0.717) is 11.4 Å². The smallest absolute Gasteiger partial charge is 0.332 e. The molecule has 0 radical (unpaired) electrons. The van der Waals surface area contributed by atoms with Crippen LogP contribution in [0.25, 0.3) is 10.9 Å². The normalized spacial score (nSPS) is 19.4. The van der Waals surface area contributed by atoms with Gasteiger partial charge in [-0.25, -0.2) is 9.69 Å². The lowest BCUT2D eigenvalue weighted by Gasteiger charge is -2.36. The van der Waals surface area contributed by atoms with E-state index in [1.807, 2.05) is 56.3 Å². The Morgan fingerprint density at radius 2 is 1.84 bits per heavy atom. The van der Waals surface area contributed by atoms with Crippen LogP contribution in [0.2, 0.25) is 5.02 Å². The van der Waals surface area contributed by atoms with E-state index in [1.165, 1.54) is 4.90 Å². The van der Waals surface area contributed by atoms with Gasteiger partial charge in [0.25, 0.3) is 11.8 Å². The van der Waals surface area contributed by atoms with Crippen molar-refractivity contribution >= 4 is 46.0 Å². The van der Waals surface area contributed by atoms with Crippen molar-refractivity contribution in [2.24, 2.45) is 0 Å². The molecule has 3 heterocycles. The molecule has 1 aromatic heterocycles. The zero-order chi connectivity index (χ0) is 26.6. The van der Waals surface area contributed by atoms with E-state index in [1.54, 1.807) is 35.2 Å². The number of benzene rings is 3. The Kier molecular flexibility index (Phi) is 5.95. The van der Waals surface area contributed by atoms with Gasteiger partial charge in [0.05, 0.1) is 11.3 Å². The molecule has 0 saturated carbocycles. The van der Waals surface area contributed by atoms with Crippen LogP contribution in [0.1, 0.15) is 53.5 Å². The summed E-state index contributed by atoms with van der Waals surface area (Å²) >= 11 is 6.38. The molecule has 0 unspecified atom stereocenters. The number of fused-ring (bicyclic) bond motifs is 4. The third kappa shape index (κ3) is 3.77. The van der Waals surface area contributed by atoms with Crippen LogP contribution < -0.4 is 10.2 Å². The van der Waals surface area contributed by atoms with Crippen molar-refractivity contribution < 1.29 is 14.4 Å². The number of imide groups is 1. The quantitative estimate of drug-likeness (QED) is 0.321. The highest BCUT2D eigenvalue weighted by Crippen LogP contribution is 2.45. The molecule has 8 heteroatoms. The largest absolute Gasteiger partial charge is 0.356 e. The Balaban J connectivity index is 1.48. The van der Waals surface area contributed by atoms with Gasteiger partial charge in [-0.3, -0.25) is 14.5 Å². The third-order valence-corrected chi connectivity index (χ3v) is 7.83. The SMILES string of the molecule is CC[C@@H](C)NC(=O)c1ccccc1N1C(=O)[C@@H]2Cc3c([nH]c4ccccc34)[C@H](c3cccc(Cl)c3)N2C1=O. The number of aromatic amines is 1. The lowest BCUT2D eigenvalue weighted by atomic mass is 9.89. The number of amides is 4. The minimum atomic E-state index is -0.719. The molecular formula is C30H27ClN4O3. The van der Waals surface area contributed by atoms with Crippen molar-refractivity contribution in [2.75, 3.05) is 4.90 Å². The van der Waals surface area contributed by atoms with Gasteiger partial charge in [0.1, 0.15) is 12.1 Å². The van der Waals surface area contributed by atoms with Gasteiger partial charge in [-0.2, -0.15) is 0 Å². The van der Waals surface area contributed by atoms with Crippen LogP contribution in [0.15, 0.2) is 72.8 Å². The van der Waals surface area contributed by atoms with E-state index in [0.717, 1.165) is 34.1 Å². The maximum atomic E-state index is 14.1. The van der Waals surface area contributed by atoms with Crippen molar-refractivity contribution in [2.45, 2.75) is 44.8 Å². The van der Waals surface area contributed by atoms with Crippen molar-refractivity contribution in [1.29, 1.82) is 0 Å².